The van der Waals surface area contributed by atoms with Crippen LogP contribution in [0.2, 0.25) is 0 Å². The Morgan fingerprint density at radius 2 is 1.50 bits per heavy atom. The van der Waals surface area contributed by atoms with Gasteiger partial charge in [0.25, 0.3) is 0 Å². The SMILES string of the molecule is CCc1ccc(C2CCC(/C=C/C3CCC(CCC=CC#N)CC3)CC2)cc1. The summed E-state index contributed by atoms with van der Waals surface area (Å²) < 4.78 is 0. The lowest BCUT2D eigenvalue weighted by Crippen LogP contribution is -2.14. The number of aryl methyl sites for hydroxylation is 1. The first kappa shape index (κ1) is 20.9. The molecule has 0 spiro atoms. The van der Waals surface area contributed by atoms with E-state index in [1.54, 1.807) is 11.6 Å². The molecule has 150 valence electrons. The molecule has 1 nitrogen and oxygen atoms in total. The highest BCUT2D eigenvalue weighted by molar-refractivity contribution is 5.25. The lowest BCUT2D eigenvalue weighted by atomic mass is 9.77. The Balaban J connectivity index is 1.36. The third kappa shape index (κ3) is 6.37. The van der Waals surface area contributed by atoms with E-state index in [2.05, 4.69) is 49.4 Å². The molecule has 1 aromatic carbocycles. The fourth-order valence-electron chi connectivity index (χ4n) is 5.12. The van der Waals surface area contributed by atoms with Crippen LogP contribution in [0.15, 0.2) is 48.6 Å². The fourth-order valence-corrected chi connectivity index (χ4v) is 5.12. The molecule has 0 radical (unpaired) electrons. The average molecular weight is 376 g/mol. The number of benzene rings is 1. The van der Waals surface area contributed by atoms with E-state index < -0.39 is 0 Å². The van der Waals surface area contributed by atoms with Gasteiger partial charge in [0.15, 0.2) is 0 Å². The summed E-state index contributed by atoms with van der Waals surface area (Å²) in [6.07, 6.45) is 23.1. The number of allylic oxidation sites excluding steroid dienone is 4. The monoisotopic (exact) mass is 375 g/mol. The van der Waals surface area contributed by atoms with Crippen LogP contribution in [-0.4, -0.2) is 0 Å². The Kier molecular flexibility index (Phi) is 8.41. The second-order valence-electron chi connectivity index (χ2n) is 8.98. The van der Waals surface area contributed by atoms with Crippen molar-refractivity contribution in [2.24, 2.45) is 17.8 Å². The summed E-state index contributed by atoms with van der Waals surface area (Å²) in [5, 5.41) is 8.55. The molecule has 0 aromatic heterocycles. The summed E-state index contributed by atoms with van der Waals surface area (Å²) in [7, 11) is 0. The predicted octanol–water partition coefficient (Wildman–Crippen LogP) is 7.75. The largest absolute Gasteiger partial charge is 0.193 e. The minimum absolute atomic E-state index is 0.779. The first-order valence-electron chi connectivity index (χ1n) is 11.6. The molecule has 0 heterocycles. The molecule has 0 atom stereocenters. The molecule has 0 bridgehead atoms. The molecule has 1 heteroatoms. The van der Waals surface area contributed by atoms with Crippen molar-refractivity contribution in [2.75, 3.05) is 0 Å². The normalized spacial score (nSPS) is 28.6. The van der Waals surface area contributed by atoms with Gasteiger partial charge in [-0.1, -0.05) is 49.4 Å². The quantitative estimate of drug-likeness (QED) is 0.353. The molecule has 2 fully saturated rings. The number of hydrogen-bond donors (Lipinski definition) is 0. The Hall–Kier alpha value is -1.81. The van der Waals surface area contributed by atoms with Gasteiger partial charge in [0.2, 0.25) is 0 Å². The van der Waals surface area contributed by atoms with Crippen LogP contribution in [0, 0.1) is 29.1 Å². The maximum Gasteiger partial charge on any atom is 0.0908 e. The average Bonchev–Trinajstić information content (AvgIpc) is 2.76. The van der Waals surface area contributed by atoms with E-state index in [-0.39, 0.29) is 0 Å². The summed E-state index contributed by atoms with van der Waals surface area (Å²) in [4.78, 5) is 0. The highest BCUT2D eigenvalue weighted by atomic mass is 14.3. The molecule has 0 unspecified atom stereocenters. The second-order valence-corrected chi connectivity index (χ2v) is 8.98. The molecule has 2 aliphatic carbocycles. The molecular weight excluding hydrogens is 338 g/mol. The van der Waals surface area contributed by atoms with Gasteiger partial charge >= 0.3 is 0 Å². The van der Waals surface area contributed by atoms with Gasteiger partial charge in [0.05, 0.1) is 6.07 Å². The minimum atomic E-state index is 0.779. The van der Waals surface area contributed by atoms with Crippen molar-refractivity contribution in [1.29, 1.82) is 5.26 Å². The zero-order valence-electron chi connectivity index (χ0n) is 17.7. The topological polar surface area (TPSA) is 23.8 Å². The number of hydrogen-bond acceptors (Lipinski definition) is 1. The van der Waals surface area contributed by atoms with Gasteiger partial charge in [0, 0.05) is 6.08 Å². The third-order valence-corrected chi connectivity index (χ3v) is 7.11. The van der Waals surface area contributed by atoms with E-state index in [1.165, 1.54) is 63.4 Å². The first-order chi connectivity index (χ1) is 13.8. The molecule has 0 saturated heterocycles. The zero-order valence-corrected chi connectivity index (χ0v) is 17.7. The van der Waals surface area contributed by atoms with Crippen LogP contribution >= 0.6 is 0 Å². The van der Waals surface area contributed by atoms with Crippen LogP contribution in [0.1, 0.15) is 88.2 Å². The Morgan fingerprint density at radius 1 is 0.893 bits per heavy atom. The van der Waals surface area contributed by atoms with E-state index in [1.807, 2.05) is 6.08 Å². The van der Waals surface area contributed by atoms with Crippen molar-refractivity contribution in [3.8, 4) is 6.07 Å². The maximum atomic E-state index is 8.55. The summed E-state index contributed by atoms with van der Waals surface area (Å²) in [6, 6.07) is 11.5. The van der Waals surface area contributed by atoms with Crippen molar-refractivity contribution in [3.63, 3.8) is 0 Å². The Labute approximate surface area is 172 Å². The van der Waals surface area contributed by atoms with E-state index in [0.717, 1.165) is 36.5 Å². The van der Waals surface area contributed by atoms with Crippen molar-refractivity contribution in [3.05, 3.63) is 59.7 Å². The number of nitrogens with zero attached hydrogens (tertiary/aromatic N) is 1. The van der Waals surface area contributed by atoms with Crippen LogP contribution in [0.5, 0.6) is 0 Å². The molecule has 0 N–H and O–H groups in total. The smallest absolute Gasteiger partial charge is 0.0908 e. The van der Waals surface area contributed by atoms with E-state index >= 15 is 0 Å². The molecule has 1 aromatic rings. The molecule has 0 amide bonds. The highest BCUT2D eigenvalue weighted by Crippen LogP contribution is 2.37. The van der Waals surface area contributed by atoms with Crippen LogP contribution in [0.3, 0.4) is 0 Å². The molecule has 0 aliphatic heterocycles. The highest BCUT2D eigenvalue weighted by Gasteiger charge is 2.22. The van der Waals surface area contributed by atoms with Crippen molar-refractivity contribution < 1.29 is 0 Å². The number of nitriles is 1. The van der Waals surface area contributed by atoms with Gasteiger partial charge in [-0.25, -0.2) is 0 Å². The van der Waals surface area contributed by atoms with Crippen LogP contribution in [0.4, 0.5) is 0 Å². The molecule has 3 rings (SSSR count). The van der Waals surface area contributed by atoms with Gasteiger partial charge in [-0.05, 0) is 105 Å². The third-order valence-electron chi connectivity index (χ3n) is 7.11. The minimum Gasteiger partial charge on any atom is -0.193 e. The summed E-state index contributed by atoms with van der Waals surface area (Å²) in [5.74, 6) is 3.27. The molecular formula is C27H37N. The molecule has 2 saturated carbocycles. The van der Waals surface area contributed by atoms with Gasteiger partial charge in [-0.3, -0.25) is 0 Å². The van der Waals surface area contributed by atoms with E-state index in [4.69, 9.17) is 5.26 Å². The predicted molar refractivity (Wildman–Crippen MR) is 119 cm³/mol. The lowest BCUT2D eigenvalue weighted by molar-refractivity contribution is 0.295. The van der Waals surface area contributed by atoms with Crippen molar-refractivity contribution >= 4 is 0 Å². The van der Waals surface area contributed by atoms with Gasteiger partial charge in [-0.2, -0.15) is 5.26 Å². The van der Waals surface area contributed by atoms with E-state index in [0.29, 0.717) is 0 Å². The number of rotatable bonds is 7. The summed E-state index contributed by atoms with van der Waals surface area (Å²) >= 11 is 0. The van der Waals surface area contributed by atoms with Crippen LogP contribution in [-0.2, 0) is 6.42 Å². The van der Waals surface area contributed by atoms with Gasteiger partial charge in [0.1, 0.15) is 0 Å². The maximum absolute atomic E-state index is 8.55. The van der Waals surface area contributed by atoms with Gasteiger partial charge in [-0.15, -0.1) is 0 Å². The van der Waals surface area contributed by atoms with Gasteiger partial charge < -0.3 is 0 Å². The Bertz CT molecular complexity index is 659. The fraction of sp³-hybridized carbons (Fsp3) is 0.593. The second kappa shape index (κ2) is 11.3. The molecule has 2 aliphatic rings. The van der Waals surface area contributed by atoms with Crippen molar-refractivity contribution in [1.82, 2.24) is 0 Å². The summed E-state index contributed by atoms with van der Waals surface area (Å²) in [5.41, 5.74) is 3.01. The van der Waals surface area contributed by atoms with Crippen LogP contribution < -0.4 is 0 Å². The van der Waals surface area contributed by atoms with E-state index in [9.17, 15) is 0 Å². The molecule has 28 heavy (non-hydrogen) atoms. The van der Waals surface area contributed by atoms with Crippen molar-refractivity contribution in [2.45, 2.75) is 83.5 Å². The standard InChI is InChI=1S/C27H37N/c1-2-22-13-17-26(18-14-22)27-19-15-25(16-20-27)12-11-24-9-7-23(8-10-24)6-4-3-5-21-28/h3,5,11-14,17-18,23-25,27H,2,4,6-10,15-16,19-20H2,1H3/b5-3?,12-11+. The first-order valence-corrected chi connectivity index (χ1v) is 11.6. The lowest BCUT2D eigenvalue weighted by Gasteiger charge is -2.29. The zero-order chi connectivity index (χ0) is 19.6. The Morgan fingerprint density at radius 3 is 2.07 bits per heavy atom. The van der Waals surface area contributed by atoms with Crippen LogP contribution in [0.25, 0.3) is 0 Å². The summed E-state index contributed by atoms with van der Waals surface area (Å²) in [6.45, 7) is 2.23.